The molecule has 160 valence electrons. The van der Waals surface area contributed by atoms with Crippen LogP contribution in [-0.2, 0) is 30.1 Å². The third-order valence-electron chi connectivity index (χ3n) is 4.36. The lowest BCUT2D eigenvalue weighted by molar-refractivity contribution is -0.0116. The van der Waals surface area contributed by atoms with Gasteiger partial charge in [-0.05, 0) is 31.0 Å². The lowest BCUT2D eigenvalue weighted by atomic mass is 10.1. The Bertz CT molecular complexity index is 480. The Hall–Kier alpha value is -1.22. The zero-order chi connectivity index (χ0) is 19.9. The van der Waals surface area contributed by atoms with E-state index in [9.17, 15) is 0 Å². The highest BCUT2D eigenvalue weighted by molar-refractivity contribution is 5.47. The molecule has 0 aliphatic carbocycles. The van der Waals surface area contributed by atoms with Gasteiger partial charge in [-0.1, -0.05) is 12.1 Å². The first-order valence-corrected chi connectivity index (χ1v) is 10.2. The van der Waals surface area contributed by atoms with Crippen LogP contribution in [0.15, 0.2) is 24.3 Å². The van der Waals surface area contributed by atoms with Crippen molar-refractivity contribution in [1.29, 1.82) is 0 Å². The number of nitrogens with two attached hydrogens (primary N) is 1. The van der Waals surface area contributed by atoms with Crippen LogP contribution in [0.4, 0.5) is 5.69 Å². The third kappa shape index (κ3) is 10.4. The minimum atomic E-state index is 0.167. The smallest absolute Gasteiger partial charge is 0.0701 e. The van der Waals surface area contributed by atoms with E-state index < -0.39 is 0 Å². The second-order valence-corrected chi connectivity index (χ2v) is 6.90. The zero-order valence-corrected chi connectivity index (χ0v) is 17.1. The molecule has 0 bridgehead atoms. The summed E-state index contributed by atoms with van der Waals surface area (Å²) >= 11 is 0. The van der Waals surface area contributed by atoms with E-state index in [0.29, 0.717) is 66.1 Å². The lowest BCUT2D eigenvalue weighted by Gasteiger charge is -2.25. The quantitative estimate of drug-likeness (QED) is 0.829. The van der Waals surface area contributed by atoms with Crippen molar-refractivity contribution >= 4 is 5.69 Å². The van der Waals surface area contributed by atoms with E-state index >= 15 is 0 Å². The van der Waals surface area contributed by atoms with E-state index in [2.05, 4.69) is 29.2 Å². The van der Waals surface area contributed by atoms with Crippen LogP contribution in [-0.4, -0.2) is 85.2 Å². The molecule has 0 spiro atoms. The highest BCUT2D eigenvalue weighted by atomic mass is 16.6. The summed E-state index contributed by atoms with van der Waals surface area (Å²) in [5.74, 6) is 0. The summed E-state index contributed by atoms with van der Waals surface area (Å²) in [7, 11) is 0. The number of rotatable bonds is 3. The van der Waals surface area contributed by atoms with Gasteiger partial charge < -0.3 is 34.3 Å². The van der Waals surface area contributed by atoms with Crippen molar-refractivity contribution in [2.45, 2.75) is 19.4 Å². The van der Waals surface area contributed by atoms with Gasteiger partial charge >= 0.3 is 0 Å². The first-order valence-electron chi connectivity index (χ1n) is 10.2. The van der Waals surface area contributed by atoms with Crippen LogP contribution in [0.3, 0.4) is 0 Å². The Morgan fingerprint density at radius 2 is 1.11 bits per heavy atom. The molecule has 1 aliphatic rings. The molecule has 1 saturated heterocycles. The molecule has 1 heterocycles. The van der Waals surface area contributed by atoms with Crippen molar-refractivity contribution in [2.24, 2.45) is 5.73 Å². The maximum Gasteiger partial charge on any atom is 0.0701 e. The fourth-order valence-corrected chi connectivity index (χ4v) is 2.92. The van der Waals surface area contributed by atoms with E-state index in [1.165, 1.54) is 11.3 Å². The van der Waals surface area contributed by atoms with Gasteiger partial charge in [0.2, 0.25) is 0 Å². The molecule has 1 atom stereocenters. The monoisotopic (exact) mass is 396 g/mol. The van der Waals surface area contributed by atoms with Gasteiger partial charge in [-0.3, -0.25) is 0 Å². The largest absolute Gasteiger partial charge is 0.377 e. The van der Waals surface area contributed by atoms with E-state index in [1.807, 2.05) is 6.92 Å². The molecule has 0 amide bonds. The van der Waals surface area contributed by atoms with Crippen LogP contribution in [0.1, 0.15) is 12.5 Å². The lowest BCUT2D eigenvalue weighted by Crippen LogP contribution is -2.31. The Morgan fingerprint density at radius 3 is 1.50 bits per heavy atom. The molecular formula is C21H36N2O5. The van der Waals surface area contributed by atoms with Crippen LogP contribution < -0.4 is 10.6 Å². The van der Waals surface area contributed by atoms with Gasteiger partial charge in [0.25, 0.3) is 0 Å². The molecule has 2 N–H and O–H groups in total. The van der Waals surface area contributed by atoms with Crippen molar-refractivity contribution in [3.05, 3.63) is 29.8 Å². The minimum absolute atomic E-state index is 0.167. The Balaban J connectivity index is 1.84. The molecule has 1 aliphatic heterocycles. The van der Waals surface area contributed by atoms with Crippen LogP contribution in [0.5, 0.6) is 0 Å². The van der Waals surface area contributed by atoms with E-state index in [-0.39, 0.29) is 6.04 Å². The number of hydrogen-bond acceptors (Lipinski definition) is 7. The summed E-state index contributed by atoms with van der Waals surface area (Å²) in [5, 5.41) is 0. The Labute approximate surface area is 169 Å². The number of ether oxygens (including phenoxy) is 5. The van der Waals surface area contributed by atoms with Crippen LogP contribution in [0.25, 0.3) is 0 Å². The summed E-state index contributed by atoms with van der Waals surface area (Å²) in [5.41, 5.74) is 8.32. The van der Waals surface area contributed by atoms with E-state index in [0.717, 1.165) is 19.5 Å². The Kier molecular flexibility index (Phi) is 12.1. The topological polar surface area (TPSA) is 75.4 Å². The molecule has 1 unspecified atom stereocenters. The van der Waals surface area contributed by atoms with E-state index in [4.69, 9.17) is 29.4 Å². The van der Waals surface area contributed by atoms with Gasteiger partial charge in [0.1, 0.15) is 0 Å². The number of nitrogens with zero attached hydrogens (tertiary/aromatic N) is 1. The first-order chi connectivity index (χ1) is 13.8. The molecule has 0 aromatic heterocycles. The molecule has 28 heavy (non-hydrogen) atoms. The minimum Gasteiger partial charge on any atom is -0.377 e. The van der Waals surface area contributed by atoms with Gasteiger partial charge in [0.05, 0.1) is 66.1 Å². The normalized spacial score (nSPS) is 20.9. The molecule has 1 fully saturated rings. The fraction of sp³-hybridized carbons (Fsp3) is 0.714. The second-order valence-electron chi connectivity index (χ2n) is 6.90. The predicted octanol–water partition coefficient (Wildman–Crippen LogP) is 1.48. The van der Waals surface area contributed by atoms with Crippen molar-refractivity contribution < 1.29 is 23.7 Å². The SMILES string of the molecule is CC(N)Cc1ccc(N2CCOCCOCCOCCOCCOCC2)cc1. The number of hydrogen-bond donors (Lipinski definition) is 1. The molecule has 0 saturated carbocycles. The highest BCUT2D eigenvalue weighted by Crippen LogP contribution is 2.16. The van der Waals surface area contributed by atoms with Crippen molar-refractivity contribution in [2.75, 3.05) is 84.1 Å². The molecule has 7 heteroatoms. The van der Waals surface area contributed by atoms with Crippen LogP contribution >= 0.6 is 0 Å². The molecule has 0 radical (unpaired) electrons. The molecular weight excluding hydrogens is 360 g/mol. The maximum absolute atomic E-state index is 5.90. The zero-order valence-electron chi connectivity index (χ0n) is 17.1. The van der Waals surface area contributed by atoms with E-state index in [1.54, 1.807) is 0 Å². The fourth-order valence-electron chi connectivity index (χ4n) is 2.92. The van der Waals surface area contributed by atoms with Gasteiger partial charge in [0.15, 0.2) is 0 Å². The summed E-state index contributed by atoms with van der Waals surface area (Å²) in [6.07, 6.45) is 0.886. The average molecular weight is 397 g/mol. The molecule has 1 aromatic rings. The van der Waals surface area contributed by atoms with Gasteiger partial charge in [-0.25, -0.2) is 0 Å². The maximum atomic E-state index is 5.90. The summed E-state index contributed by atoms with van der Waals surface area (Å²) < 4.78 is 27.9. The number of benzene rings is 1. The summed E-state index contributed by atoms with van der Waals surface area (Å²) in [6, 6.07) is 8.76. The van der Waals surface area contributed by atoms with Crippen LogP contribution in [0.2, 0.25) is 0 Å². The molecule has 7 nitrogen and oxygen atoms in total. The van der Waals surface area contributed by atoms with Crippen molar-refractivity contribution in [3.8, 4) is 0 Å². The van der Waals surface area contributed by atoms with Crippen LogP contribution in [0, 0.1) is 0 Å². The summed E-state index contributed by atoms with van der Waals surface area (Å²) in [4.78, 5) is 2.29. The summed E-state index contributed by atoms with van der Waals surface area (Å²) in [6.45, 7) is 9.54. The Morgan fingerprint density at radius 1 is 0.714 bits per heavy atom. The third-order valence-corrected chi connectivity index (χ3v) is 4.36. The predicted molar refractivity (Wildman–Crippen MR) is 110 cm³/mol. The number of anilines is 1. The highest BCUT2D eigenvalue weighted by Gasteiger charge is 2.08. The first kappa shape index (κ1) is 23.1. The van der Waals surface area contributed by atoms with Gasteiger partial charge in [0, 0.05) is 24.8 Å². The molecule has 1 aromatic carbocycles. The van der Waals surface area contributed by atoms with Gasteiger partial charge in [-0.15, -0.1) is 0 Å². The van der Waals surface area contributed by atoms with Crippen molar-refractivity contribution in [3.63, 3.8) is 0 Å². The van der Waals surface area contributed by atoms with Gasteiger partial charge in [-0.2, -0.15) is 0 Å². The average Bonchev–Trinajstić information content (AvgIpc) is 2.68. The second kappa shape index (κ2) is 14.7. The molecule has 2 rings (SSSR count). The van der Waals surface area contributed by atoms with Crippen molar-refractivity contribution in [1.82, 2.24) is 0 Å². The standard InChI is InChI=1S/C21H36N2O5/c1-19(22)18-20-2-4-21(5-3-20)23-6-8-24-10-12-26-14-16-28-17-15-27-13-11-25-9-7-23/h2-5,19H,6-18,22H2,1H3.